The van der Waals surface area contributed by atoms with E-state index in [-0.39, 0.29) is 37.1 Å². The summed E-state index contributed by atoms with van der Waals surface area (Å²) in [6.07, 6.45) is 0. The smallest absolute Gasteiger partial charge is 0.349 e. The molecule has 0 spiro atoms. The SMILES string of the molecule is CC(C)c1ccccc1OCC(=O)Oc1ccccc1C(=O)OCCOc1ccccc1. The van der Waals surface area contributed by atoms with Gasteiger partial charge in [-0.2, -0.15) is 0 Å². The van der Waals surface area contributed by atoms with E-state index in [0.717, 1.165) is 5.56 Å². The summed E-state index contributed by atoms with van der Waals surface area (Å²) in [5.41, 5.74) is 1.16. The number of benzene rings is 3. The molecular formula is C26H26O6. The third kappa shape index (κ3) is 6.60. The summed E-state index contributed by atoms with van der Waals surface area (Å²) in [6.45, 7) is 4.09. The molecular weight excluding hydrogens is 408 g/mol. The Morgan fingerprint density at radius 2 is 1.41 bits per heavy atom. The van der Waals surface area contributed by atoms with Crippen molar-refractivity contribution in [2.24, 2.45) is 0 Å². The third-order valence-corrected chi connectivity index (χ3v) is 4.55. The van der Waals surface area contributed by atoms with Gasteiger partial charge in [0.1, 0.15) is 36.0 Å². The van der Waals surface area contributed by atoms with Crippen molar-refractivity contribution in [2.45, 2.75) is 19.8 Å². The predicted octanol–water partition coefficient (Wildman–Crippen LogP) is 5.03. The van der Waals surface area contributed by atoms with Gasteiger partial charge in [0.2, 0.25) is 0 Å². The van der Waals surface area contributed by atoms with Crippen LogP contribution in [0.25, 0.3) is 0 Å². The van der Waals surface area contributed by atoms with Gasteiger partial charge in [-0.25, -0.2) is 9.59 Å². The zero-order chi connectivity index (χ0) is 22.8. The maximum atomic E-state index is 12.5. The van der Waals surface area contributed by atoms with Crippen LogP contribution in [0.15, 0.2) is 78.9 Å². The fraction of sp³-hybridized carbons (Fsp3) is 0.231. The second-order valence-electron chi connectivity index (χ2n) is 7.25. The molecule has 32 heavy (non-hydrogen) atoms. The van der Waals surface area contributed by atoms with E-state index in [4.69, 9.17) is 18.9 Å². The van der Waals surface area contributed by atoms with Gasteiger partial charge >= 0.3 is 11.9 Å². The minimum Gasteiger partial charge on any atom is -0.490 e. The third-order valence-electron chi connectivity index (χ3n) is 4.55. The second-order valence-corrected chi connectivity index (χ2v) is 7.25. The van der Waals surface area contributed by atoms with E-state index in [1.54, 1.807) is 12.1 Å². The molecule has 0 saturated heterocycles. The molecule has 0 aliphatic rings. The molecule has 0 bridgehead atoms. The van der Waals surface area contributed by atoms with Crippen LogP contribution in [0.5, 0.6) is 17.2 Å². The van der Waals surface area contributed by atoms with Crippen LogP contribution in [0.1, 0.15) is 35.7 Å². The fourth-order valence-corrected chi connectivity index (χ4v) is 2.99. The monoisotopic (exact) mass is 434 g/mol. The van der Waals surface area contributed by atoms with Crippen LogP contribution in [0.2, 0.25) is 0 Å². The number of hydrogen-bond donors (Lipinski definition) is 0. The van der Waals surface area contributed by atoms with Crippen LogP contribution < -0.4 is 14.2 Å². The van der Waals surface area contributed by atoms with Crippen LogP contribution in [0.3, 0.4) is 0 Å². The Morgan fingerprint density at radius 1 is 0.750 bits per heavy atom. The Bertz CT molecular complexity index is 1030. The van der Waals surface area contributed by atoms with Gasteiger partial charge in [0.25, 0.3) is 0 Å². The first-order chi connectivity index (χ1) is 15.5. The highest BCUT2D eigenvalue weighted by Gasteiger charge is 2.17. The first kappa shape index (κ1) is 22.9. The van der Waals surface area contributed by atoms with E-state index in [2.05, 4.69) is 0 Å². The molecule has 166 valence electrons. The lowest BCUT2D eigenvalue weighted by Crippen LogP contribution is -2.20. The minimum atomic E-state index is -0.615. The van der Waals surface area contributed by atoms with Crippen LogP contribution in [0, 0.1) is 0 Å². The minimum absolute atomic E-state index is 0.0606. The first-order valence-corrected chi connectivity index (χ1v) is 10.4. The van der Waals surface area contributed by atoms with E-state index in [9.17, 15) is 9.59 Å². The average Bonchev–Trinajstić information content (AvgIpc) is 2.81. The molecule has 6 heteroatoms. The van der Waals surface area contributed by atoms with Crippen molar-refractivity contribution in [3.63, 3.8) is 0 Å². The maximum absolute atomic E-state index is 12.5. The first-order valence-electron chi connectivity index (χ1n) is 10.4. The standard InChI is InChI=1S/C26H26O6/c1-19(2)21-12-6-8-14-23(21)31-18-25(27)32-24-15-9-7-13-22(24)26(28)30-17-16-29-20-10-4-3-5-11-20/h3-15,19H,16-18H2,1-2H3. The molecule has 6 nitrogen and oxygen atoms in total. The number of esters is 2. The lowest BCUT2D eigenvalue weighted by molar-refractivity contribution is -0.136. The van der Waals surface area contributed by atoms with Crippen LogP contribution in [-0.4, -0.2) is 31.8 Å². The molecule has 0 fully saturated rings. The normalized spacial score (nSPS) is 10.5. The van der Waals surface area contributed by atoms with Crippen molar-refractivity contribution in [2.75, 3.05) is 19.8 Å². The summed E-state index contributed by atoms with van der Waals surface area (Å²) in [7, 11) is 0. The quantitative estimate of drug-likeness (QED) is 0.253. The highest BCUT2D eigenvalue weighted by Crippen LogP contribution is 2.26. The molecule has 0 radical (unpaired) electrons. The summed E-state index contributed by atoms with van der Waals surface area (Å²) >= 11 is 0. The summed E-state index contributed by atoms with van der Waals surface area (Å²) < 4.78 is 21.8. The molecule has 0 aliphatic carbocycles. The number of para-hydroxylation sites is 3. The molecule has 0 atom stereocenters. The lowest BCUT2D eigenvalue weighted by atomic mass is 10.0. The summed E-state index contributed by atoms with van der Waals surface area (Å²) in [6, 6.07) is 23.2. The molecule has 0 aliphatic heterocycles. The molecule has 0 amide bonds. The highest BCUT2D eigenvalue weighted by molar-refractivity contribution is 5.93. The van der Waals surface area contributed by atoms with E-state index >= 15 is 0 Å². The van der Waals surface area contributed by atoms with E-state index < -0.39 is 11.9 Å². The van der Waals surface area contributed by atoms with Gasteiger partial charge in [0, 0.05) is 0 Å². The van der Waals surface area contributed by atoms with Gasteiger partial charge in [0.15, 0.2) is 6.61 Å². The number of ether oxygens (including phenoxy) is 4. The van der Waals surface area contributed by atoms with Crippen molar-refractivity contribution < 1.29 is 28.5 Å². The molecule has 0 unspecified atom stereocenters. The molecule has 0 saturated carbocycles. The summed E-state index contributed by atoms with van der Waals surface area (Å²) in [4.78, 5) is 24.8. The predicted molar refractivity (Wildman–Crippen MR) is 120 cm³/mol. The Balaban J connectivity index is 1.53. The van der Waals surface area contributed by atoms with Crippen molar-refractivity contribution in [3.8, 4) is 17.2 Å². The van der Waals surface area contributed by atoms with Crippen molar-refractivity contribution in [3.05, 3.63) is 90.0 Å². The number of carbonyl (C=O) groups excluding carboxylic acids is 2. The van der Waals surface area contributed by atoms with Crippen LogP contribution in [-0.2, 0) is 9.53 Å². The molecule has 3 rings (SSSR count). The Labute approximate surface area is 187 Å². The molecule has 0 heterocycles. The number of hydrogen-bond acceptors (Lipinski definition) is 6. The Kier molecular flexibility index (Phi) is 8.26. The molecule has 3 aromatic carbocycles. The van der Waals surface area contributed by atoms with Crippen molar-refractivity contribution >= 4 is 11.9 Å². The second kappa shape index (κ2) is 11.6. The van der Waals surface area contributed by atoms with Gasteiger partial charge in [0.05, 0.1) is 0 Å². The van der Waals surface area contributed by atoms with Crippen LogP contribution >= 0.6 is 0 Å². The van der Waals surface area contributed by atoms with Crippen LogP contribution in [0.4, 0.5) is 0 Å². The maximum Gasteiger partial charge on any atom is 0.349 e. The summed E-state index contributed by atoms with van der Waals surface area (Å²) in [5.74, 6) is 0.477. The summed E-state index contributed by atoms with van der Waals surface area (Å²) in [5, 5.41) is 0. The molecule has 3 aromatic rings. The van der Waals surface area contributed by atoms with Crippen molar-refractivity contribution in [1.82, 2.24) is 0 Å². The fourth-order valence-electron chi connectivity index (χ4n) is 2.99. The van der Waals surface area contributed by atoms with E-state index in [0.29, 0.717) is 11.5 Å². The van der Waals surface area contributed by atoms with E-state index in [1.807, 2.05) is 68.4 Å². The van der Waals surface area contributed by atoms with Gasteiger partial charge in [-0.05, 0) is 41.8 Å². The van der Waals surface area contributed by atoms with E-state index in [1.165, 1.54) is 12.1 Å². The lowest BCUT2D eigenvalue weighted by Gasteiger charge is -2.14. The molecule has 0 aromatic heterocycles. The van der Waals surface area contributed by atoms with Gasteiger partial charge in [-0.3, -0.25) is 0 Å². The Morgan fingerprint density at radius 3 is 2.16 bits per heavy atom. The van der Waals surface area contributed by atoms with Crippen molar-refractivity contribution in [1.29, 1.82) is 0 Å². The zero-order valence-electron chi connectivity index (χ0n) is 18.2. The average molecular weight is 434 g/mol. The topological polar surface area (TPSA) is 71.1 Å². The Hall–Kier alpha value is -3.80. The van der Waals surface area contributed by atoms with Gasteiger partial charge < -0.3 is 18.9 Å². The zero-order valence-corrected chi connectivity index (χ0v) is 18.2. The van der Waals surface area contributed by atoms with Gasteiger partial charge in [-0.1, -0.05) is 62.4 Å². The number of carbonyl (C=O) groups is 2. The van der Waals surface area contributed by atoms with Gasteiger partial charge in [-0.15, -0.1) is 0 Å². The molecule has 0 N–H and O–H groups in total. The highest BCUT2D eigenvalue weighted by atomic mass is 16.6. The number of rotatable bonds is 10. The largest absolute Gasteiger partial charge is 0.490 e.